The number of halogens is 2. The third kappa shape index (κ3) is 7.24. The van der Waals surface area contributed by atoms with Crippen LogP contribution in [-0.4, -0.2) is 41.6 Å². The van der Waals surface area contributed by atoms with E-state index in [9.17, 15) is 9.18 Å². The largest absolute Gasteiger partial charge is 0.489 e. The van der Waals surface area contributed by atoms with Gasteiger partial charge in [0.15, 0.2) is 0 Å². The predicted molar refractivity (Wildman–Crippen MR) is 191 cm³/mol. The zero-order valence-electron chi connectivity index (χ0n) is 26.6. The van der Waals surface area contributed by atoms with E-state index in [1.807, 2.05) is 89.8 Å². The van der Waals surface area contributed by atoms with Gasteiger partial charge >= 0.3 is 0 Å². The first-order valence-electron chi connectivity index (χ1n) is 16.4. The number of carbonyl (C=O) groups is 1. The Bertz CT molecular complexity index is 2000. The Labute approximate surface area is 285 Å². The maximum atomic E-state index is 14.1. The summed E-state index contributed by atoms with van der Waals surface area (Å²) >= 11 is 6.26. The molecule has 7 heteroatoms. The van der Waals surface area contributed by atoms with Crippen molar-refractivity contribution < 1.29 is 13.9 Å². The highest BCUT2D eigenvalue weighted by atomic mass is 35.5. The average molecular weight is 658 g/mol. The highest BCUT2D eigenvalue weighted by Gasteiger charge is 2.28. The molecular formula is C41H37ClFN3O2. The minimum Gasteiger partial charge on any atom is -0.489 e. The molecule has 0 bridgehead atoms. The molecule has 1 atom stereocenters. The fourth-order valence-electron chi connectivity index (χ4n) is 6.63. The van der Waals surface area contributed by atoms with E-state index in [1.54, 1.807) is 0 Å². The molecule has 0 spiro atoms. The number of anilines is 1. The van der Waals surface area contributed by atoms with E-state index in [4.69, 9.17) is 16.3 Å². The summed E-state index contributed by atoms with van der Waals surface area (Å²) in [5, 5.41) is 1.81. The van der Waals surface area contributed by atoms with Gasteiger partial charge in [-0.1, -0.05) is 90.5 Å². The molecule has 1 aliphatic heterocycles. The quantitative estimate of drug-likeness (QED) is 0.148. The van der Waals surface area contributed by atoms with Crippen molar-refractivity contribution in [2.24, 2.45) is 0 Å². The van der Waals surface area contributed by atoms with Crippen molar-refractivity contribution in [1.82, 2.24) is 9.47 Å². The summed E-state index contributed by atoms with van der Waals surface area (Å²) < 4.78 is 22.1. The number of rotatable bonds is 10. The normalized spacial score (nSPS) is 13.9. The van der Waals surface area contributed by atoms with E-state index in [0.717, 1.165) is 57.7 Å². The summed E-state index contributed by atoms with van der Waals surface area (Å²) in [5.74, 6) is 0.428. The second-order valence-corrected chi connectivity index (χ2v) is 12.7. The lowest BCUT2D eigenvalue weighted by atomic mass is 9.87. The van der Waals surface area contributed by atoms with Crippen LogP contribution in [-0.2, 0) is 17.9 Å². The molecule has 1 amide bonds. The molecule has 0 radical (unpaired) electrons. The van der Waals surface area contributed by atoms with Gasteiger partial charge in [-0.15, -0.1) is 0 Å². The van der Waals surface area contributed by atoms with Crippen LogP contribution < -0.4 is 9.64 Å². The number of carbonyl (C=O) groups excluding carboxylic acids is 1. The van der Waals surface area contributed by atoms with E-state index in [-0.39, 0.29) is 17.6 Å². The number of hydrogen-bond acceptors (Lipinski definition) is 3. The van der Waals surface area contributed by atoms with Crippen molar-refractivity contribution in [1.29, 1.82) is 0 Å². The number of para-hydroxylation sites is 1. The molecule has 1 unspecified atom stereocenters. The zero-order valence-corrected chi connectivity index (χ0v) is 27.4. The lowest BCUT2D eigenvalue weighted by molar-refractivity contribution is -0.131. The third-order valence-corrected chi connectivity index (χ3v) is 9.39. The summed E-state index contributed by atoms with van der Waals surface area (Å²) in [5.41, 5.74) is 6.35. The van der Waals surface area contributed by atoms with E-state index in [1.165, 1.54) is 12.1 Å². The maximum Gasteiger partial charge on any atom is 0.223 e. The standard InChI is InChI=1S/C41H37ClFN3O2/c42-33-11-7-12-35(25-33)44-20-22-45(23-21-44)41(47)26-38(32-10-6-13-36(24-32)48-29-31-8-2-1-3-9-31)39-28-46(40-15-5-4-14-37(39)40)27-30-16-18-34(43)19-17-30/h1-19,24-25,28,38H,20-23,26-27,29H2. The molecule has 1 fully saturated rings. The lowest BCUT2D eigenvalue weighted by Crippen LogP contribution is -2.49. The first-order valence-corrected chi connectivity index (χ1v) is 16.8. The van der Waals surface area contributed by atoms with Crippen LogP contribution in [0.4, 0.5) is 10.1 Å². The highest BCUT2D eigenvalue weighted by Crippen LogP contribution is 2.37. The molecule has 48 heavy (non-hydrogen) atoms. The fraction of sp³-hybridized carbons (Fsp3) is 0.195. The predicted octanol–water partition coefficient (Wildman–Crippen LogP) is 8.93. The number of ether oxygens (including phenoxy) is 1. The molecule has 242 valence electrons. The van der Waals surface area contributed by atoms with Crippen LogP contribution in [0.3, 0.4) is 0 Å². The van der Waals surface area contributed by atoms with Crippen LogP contribution in [0.5, 0.6) is 5.75 Å². The van der Waals surface area contributed by atoms with Gasteiger partial charge in [0.25, 0.3) is 0 Å². The fourth-order valence-corrected chi connectivity index (χ4v) is 6.81. The van der Waals surface area contributed by atoms with E-state index in [0.29, 0.717) is 37.7 Å². The number of benzene rings is 5. The van der Waals surface area contributed by atoms with Crippen molar-refractivity contribution in [2.45, 2.75) is 25.5 Å². The van der Waals surface area contributed by atoms with Gasteiger partial charge in [0.2, 0.25) is 5.91 Å². The average Bonchev–Trinajstić information content (AvgIpc) is 3.49. The second kappa shape index (κ2) is 14.4. The highest BCUT2D eigenvalue weighted by molar-refractivity contribution is 6.30. The molecule has 0 N–H and O–H groups in total. The molecule has 7 rings (SSSR count). The minimum absolute atomic E-state index is 0.122. The Morgan fingerprint density at radius 3 is 2.31 bits per heavy atom. The van der Waals surface area contributed by atoms with Crippen molar-refractivity contribution in [3.05, 3.63) is 167 Å². The molecule has 1 saturated heterocycles. The first-order chi connectivity index (χ1) is 23.5. The van der Waals surface area contributed by atoms with Gasteiger partial charge in [0, 0.05) is 72.9 Å². The van der Waals surface area contributed by atoms with Crippen LogP contribution in [0.2, 0.25) is 5.02 Å². The summed E-state index contributed by atoms with van der Waals surface area (Å²) in [7, 11) is 0. The number of fused-ring (bicyclic) bond motifs is 1. The van der Waals surface area contributed by atoms with Crippen molar-refractivity contribution >= 4 is 34.1 Å². The SMILES string of the molecule is O=C(CC(c1cccc(OCc2ccccc2)c1)c1cn(Cc2ccc(F)cc2)c2ccccc12)N1CCN(c2cccc(Cl)c2)CC1. The Morgan fingerprint density at radius 2 is 1.52 bits per heavy atom. The van der Waals surface area contributed by atoms with E-state index >= 15 is 0 Å². The van der Waals surface area contributed by atoms with Gasteiger partial charge in [-0.25, -0.2) is 4.39 Å². The van der Waals surface area contributed by atoms with Gasteiger partial charge in [0.05, 0.1) is 0 Å². The van der Waals surface area contributed by atoms with Crippen LogP contribution in [0.25, 0.3) is 10.9 Å². The molecular weight excluding hydrogens is 621 g/mol. The zero-order chi connectivity index (χ0) is 32.9. The van der Waals surface area contributed by atoms with Crippen molar-refractivity contribution in [2.75, 3.05) is 31.1 Å². The molecule has 5 aromatic carbocycles. The summed E-state index contributed by atoms with van der Waals surface area (Å²) in [6, 6.07) is 41.1. The Balaban J connectivity index is 1.19. The van der Waals surface area contributed by atoms with Gasteiger partial charge < -0.3 is 19.1 Å². The van der Waals surface area contributed by atoms with Crippen LogP contribution in [0.15, 0.2) is 134 Å². The first kappa shape index (κ1) is 31.5. The van der Waals surface area contributed by atoms with E-state index in [2.05, 4.69) is 46.0 Å². The van der Waals surface area contributed by atoms with Gasteiger partial charge in [0.1, 0.15) is 18.2 Å². The van der Waals surface area contributed by atoms with Gasteiger partial charge in [-0.2, -0.15) is 0 Å². The number of amides is 1. The topological polar surface area (TPSA) is 37.7 Å². The van der Waals surface area contributed by atoms with Crippen LogP contribution >= 0.6 is 11.6 Å². The maximum absolute atomic E-state index is 14.1. The molecule has 0 saturated carbocycles. The Kier molecular flexibility index (Phi) is 9.43. The molecule has 1 aromatic heterocycles. The summed E-state index contributed by atoms with van der Waals surface area (Å²) in [6.45, 7) is 3.83. The third-order valence-electron chi connectivity index (χ3n) is 9.15. The summed E-state index contributed by atoms with van der Waals surface area (Å²) in [6.07, 6.45) is 2.49. The molecule has 5 nitrogen and oxygen atoms in total. The van der Waals surface area contributed by atoms with Gasteiger partial charge in [-0.3, -0.25) is 4.79 Å². The van der Waals surface area contributed by atoms with Crippen molar-refractivity contribution in [3.63, 3.8) is 0 Å². The monoisotopic (exact) mass is 657 g/mol. The molecule has 0 aliphatic carbocycles. The number of nitrogens with zero attached hydrogens (tertiary/aromatic N) is 3. The molecule has 2 heterocycles. The number of piperazine rings is 1. The molecule has 6 aromatic rings. The molecule has 1 aliphatic rings. The lowest BCUT2D eigenvalue weighted by Gasteiger charge is -2.36. The Morgan fingerprint density at radius 1 is 0.771 bits per heavy atom. The number of aromatic nitrogens is 1. The minimum atomic E-state index is -0.252. The van der Waals surface area contributed by atoms with E-state index < -0.39 is 0 Å². The van der Waals surface area contributed by atoms with Crippen LogP contribution in [0.1, 0.15) is 34.6 Å². The van der Waals surface area contributed by atoms with Gasteiger partial charge in [-0.05, 0) is 70.8 Å². The second-order valence-electron chi connectivity index (χ2n) is 12.3. The number of hydrogen-bond donors (Lipinski definition) is 0. The smallest absolute Gasteiger partial charge is 0.223 e. The van der Waals surface area contributed by atoms with Crippen LogP contribution in [0, 0.1) is 5.82 Å². The summed E-state index contributed by atoms with van der Waals surface area (Å²) in [4.78, 5) is 18.4. The van der Waals surface area contributed by atoms with Crippen molar-refractivity contribution in [3.8, 4) is 5.75 Å². The Hall–Kier alpha value is -5.07.